The molecule has 118 valence electrons. The zero-order valence-electron chi connectivity index (χ0n) is 13.1. The number of thiophene rings is 1. The van der Waals surface area contributed by atoms with E-state index in [0.29, 0.717) is 6.04 Å². The van der Waals surface area contributed by atoms with E-state index in [-0.39, 0.29) is 0 Å². The second kappa shape index (κ2) is 6.22. The summed E-state index contributed by atoms with van der Waals surface area (Å²) in [6, 6.07) is 4.66. The summed E-state index contributed by atoms with van der Waals surface area (Å²) in [6.45, 7) is 4.07. The lowest BCUT2D eigenvalue weighted by Gasteiger charge is -2.24. The maximum absolute atomic E-state index is 4.71. The number of imidazole rings is 1. The molecule has 3 aromatic heterocycles. The van der Waals surface area contributed by atoms with Gasteiger partial charge in [-0.1, -0.05) is 0 Å². The molecule has 0 amide bonds. The summed E-state index contributed by atoms with van der Waals surface area (Å²) >= 11 is 1.76. The normalized spacial score (nSPS) is 18.6. The third-order valence-electron chi connectivity index (χ3n) is 4.27. The molecular weight excluding hydrogens is 306 g/mol. The molecule has 6 heteroatoms. The quantitative estimate of drug-likeness (QED) is 0.796. The van der Waals surface area contributed by atoms with Crippen molar-refractivity contribution < 1.29 is 0 Å². The first-order valence-electron chi connectivity index (χ1n) is 7.90. The van der Waals surface area contributed by atoms with Gasteiger partial charge in [-0.05, 0) is 54.8 Å². The Kier molecular flexibility index (Phi) is 3.93. The first-order valence-corrected chi connectivity index (χ1v) is 8.84. The Morgan fingerprint density at radius 3 is 3.13 bits per heavy atom. The number of nitrogens with zero attached hydrogens (tertiary/aromatic N) is 4. The van der Waals surface area contributed by atoms with E-state index in [9.17, 15) is 0 Å². The molecule has 1 saturated heterocycles. The molecule has 4 heterocycles. The molecule has 1 aliphatic rings. The lowest BCUT2D eigenvalue weighted by molar-refractivity contribution is 0.244. The summed E-state index contributed by atoms with van der Waals surface area (Å²) in [7, 11) is 0. The fraction of sp³-hybridized carbons (Fsp3) is 0.353. The van der Waals surface area contributed by atoms with E-state index < -0.39 is 0 Å². The maximum atomic E-state index is 4.71. The zero-order valence-corrected chi connectivity index (χ0v) is 13.9. The zero-order chi connectivity index (χ0) is 15.6. The molecule has 3 aromatic rings. The SMILES string of the molecule is Cc1nc(-c2ncc[nH]2)cc([C@H]2CCCN2Cc2ccsc2)n1. The summed E-state index contributed by atoms with van der Waals surface area (Å²) in [5, 5.41) is 4.37. The number of aryl methyl sites for hydroxylation is 1. The lowest BCUT2D eigenvalue weighted by Crippen LogP contribution is -2.23. The van der Waals surface area contributed by atoms with Gasteiger partial charge in [-0.25, -0.2) is 15.0 Å². The summed E-state index contributed by atoms with van der Waals surface area (Å²) in [5.74, 6) is 1.61. The van der Waals surface area contributed by atoms with Crippen molar-refractivity contribution in [2.45, 2.75) is 32.4 Å². The van der Waals surface area contributed by atoms with E-state index in [4.69, 9.17) is 4.98 Å². The maximum Gasteiger partial charge on any atom is 0.156 e. The molecule has 0 aliphatic carbocycles. The van der Waals surface area contributed by atoms with Gasteiger partial charge in [-0.3, -0.25) is 4.90 Å². The van der Waals surface area contributed by atoms with Crippen molar-refractivity contribution in [2.24, 2.45) is 0 Å². The highest BCUT2D eigenvalue weighted by atomic mass is 32.1. The average Bonchev–Trinajstić information content (AvgIpc) is 3.30. The number of hydrogen-bond donors (Lipinski definition) is 1. The van der Waals surface area contributed by atoms with Crippen LogP contribution in [0.2, 0.25) is 0 Å². The molecule has 1 atom stereocenters. The van der Waals surface area contributed by atoms with Crippen LogP contribution in [0.25, 0.3) is 11.5 Å². The predicted molar refractivity (Wildman–Crippen MR) is 91.1 cm³/mol. The highest BCUT2D eigenvalue weighted by molar-refractivity contribution is 7.07. The topological polar surface area (TPSA) is 57.7 Å². The van der Waals surface area contributed by atoms with Crippen LogP contribution in [-0.4, -0.2) is 31.4 Å². The van der Waals surface area contributed by atoms with Gasteiger partial charge in [0.15, 0.2) is 5.82 Å². The molecule has 0 bridgehead atoms. The van der Waals surface area contributed by atoms with Crippen molar-refractivity contribution in [1.82, 2.24) is 24.8 Å². The Morgan fingerprint density at radius 2 is 2.35 bits per heavy atom. The number of likely N-dealkylation sites (tertiary alicyclic amines) is 1. The number of aromatic amines is 1. The Bertz CT molecular complexity index is 766. The van der Waals surface area contributed by atoms with Gasteiger partial charge in [0.2, 0.25) is 0 Å². The standard InChI is InChI=1S/C17H19N5S/c1-12-20-14(9-15(21-12)17-18-5-6-19-17)16-3-2-7-22(16)10-13-4-8-23-11-13/h4-6,8-9,11,16H,2-3,7,10H2,1H3,(H,18,19)/t16-/m1/s1. The van der Waals surface area contributed by atoms with Gasteiger partial charge >= 0.3 is 0 Å². The van der Waals surface area contributed by atoms with Gasteiger partial charge in [0.05, 0.1) is 11.7 Å². The van der Waals surface area contributed by atoms with Crippen LogP contribution in [0.15, 0.2) is 35.3 Å². The van der Waals surface area contributed by atoms with Crippen LogP contribution in [0.1, 0.15) is 36.0 Å². The number of H-pyrrole nitrogens is 1. The summed E-state index contributed by atoms with van der Waals surface area (Å²) in [6.07, 6.45) is 5.95. The van der Waals surface area contributed by atoms with Crippen molar-refractivity contribution in [3.63, 3.8) is 0 Å². The van der Waals surface area contributed by atoms with Gasteiger partial charge < -0.3 is 4.98 Å². The molecule has 4 rings (SSSR count). The first kappa shape index (κ1) is 14.5. The van der Waals surface area contributed by atoms with E-state index in [0.717, 1.165) is 42.5 Å². The molecule has 5 nitrogen and oxygen atoms in total. The molecule has 0 radical (unpaired) electrons. The Labute approximate surface area is 139 Å². The fourth-order valence-corrected chi connectivity index (χ4v) is 3.92. The van der Waals surface area contributed by atoms with Crippen LogP contribution in [0, 0.1) is 6.92 Å². The van der Waals surface area contributed by atoms with Crippen LogP contribution in [0.3, 0.4) is 0 Å². The summed E-state index contributed by atoms with van der Waals surface area (Å²) in [5.41, 5.74) is 3.37. The van der Waals surface area contributed by atoms with Crippen LogP contribution >= 0.6 is 11.3 Å². The minimum Gasteiger partial charge on any atom is -0.343 e. The Morgan fingerprint density at radius 1 is 1.39 bits per heavy atom. The fourth-order valence-electron chi connectivity index (χ4n) is 3.26. The summed E-state index contributed by atoms with van der Waals surface area (Å²) in [4.78, 5) is 19.2. The van der Waals surface area contributed by atoms with E-state index in [2.05, 4.69) is 42.7 Å². The minimum atomic E-state index is 0.366. The number of hydrogen-bond acceptors (Lipinski definition) is 5. The van der Waals surface area contributed by atoms with Crippen molar-refractivity contribution in [3.05, 3.63) is 52.4 Å². The number of nitrogens with one attached hydrogen (secondary N) is 1. The van der Waals surface area contributed by atoms with E-state index in [1.807, 2.05) is 13.1 Å². The van der Waals surface area contributed by atoms with Crippen LogP contribution in [-0.2, 0) is 6.54 Å². The molecule has 23 heavy (non-hydrogen) atoms. The molecule has 0 unspecified atom stereocenters. The van der Waals surface area contributed by atoms with Crippen molar-refractivity contribution in [3.8, 4) is 11.5 Å². The first-order chi connectivity index (χ1) is 11.3. The van der Waals surface area contributed by atoms with Gasteiger partial charge in [0, 0.05) is 18.9 Å². The van der Waals surface area contributed by atoms with Gasteiger partial charge in [-0.2, -0.15) is 11.3 Å². The van der Waals surface area contributed by atoms with E-state index in [1.54, 1.807) is 17.5 Å². The number of rotatable bonds is 4. The predicted octanol–water partition coefficient (Wildman–Crippen LogP) is 3.57. The third kappa shape index (κ3) is 3.04. The highest BCUT2D eigenvalue weighted by Gasteiger charge is 2.28. The van der Waals surface area contributed by atoms with Crippen LogP contribution in [0.4, 0.5) is 0 Å². The van der Waals surface area contributed by atoms with Crippen LogP contribution in [0.5, 0.6) is 0 Å². The smallest absolute Gasteiger partial charge is 0.156 e. The lowest BCUT2D eigenvalue weighted by atomic mass is 10.1. The van der Waals surface area contributed by atoms with Crippen molar-refractivity contribution >= 4 is 11.3 Å². The minimum absolute atomic E-state index is 0.366. The average molecular weight is 325 g/mol. The number of aromatic nitrogens is 4. The molecule has 0 aromatic carbocycles. The van der Waals surface area contributed by atoms with Gasteiger partial charge in [0.25, 0.3) is 0 Å². The molecule has 1 N–H and O–H groups in total. The molecule has 1 aliphatic heterocycles. The molecule has 0 spiro atoms. The molecule has 1 fully saturated rings. The monoisotopic (exact) mass is 325 g/mol. The summed E-state index contributed by atoms with van der Waals surface area (Å²) < 4.78 is 0. The Hall–Kier alpha value is -2.05. The largest absolute Gasteiger partial charge is 0.343 e. The second-order valence-electron chi connectivity index (χ2n) is 5.92. The molecular formula is C17H19N5S. The van der Waals surface area contributed by atoms with Crippen molar-refractivity contribution in [2.75, 3.05) is 6.54 Å². The van der Waals surface area contributed by atoms with Gasteiger partial charge in [-0.15, -0.1) is 0 Å². The highest BCUT2D eigenvalue weighted by Crippen LogP contribution is 2.33. The van der Waals surface area contributed by atoms with Crippen LogP contribution < -0.4 is 0 Å². The van der Waals surface area contributed by atoms with E-state index >= 15 is 0 Å². The second-order valence-corrected chi connectivity index (χ2v) is 6.70. The van der Waals surface area contributed by atoms with Crippen molar-refractivity contribution in [1.29, 1.82) is 0 Å². The molecule has 0 saturated carbocycles. The third-order valence-corrected chi connectivity index (χ3v) is 5.00. The van der Waals surface area contributed by atoms with E-state index in [1.165, 1.54) is 12.0 Å². The van der Waals surface area contributed by atoms with Gasteiger partial charge in [0.1, 0.15) is 11.5 Å². The Balaban J connectivity index is 1.63.